The summed E-state index contributed by atoms with van der Waals surface area (Å²) in [5.41, 5.74) is 1.12. The third-order valence-electron chi connectivity index (χ3n) is 2.05. The van der Waals surface area contributed by atoms with Gasteiger partial charge in [0.15, 0.2) is 0 Å². The summed E-state index contributed by atoms with van der Waals surface area (Å²) in [7, 11) is 4.16. The molecule has 4 heteroatoms. The Bertz CT molecular complexity index is 254. The van der Waals surface area contributed by atoms with Gasteiger partial charge in [0.25, 0.3) is 0 Å². The molecule has 0 saturated carbocycles. The van der Waals surface area contributed by atoms with Crippen LogP contribution >= 0.6 is 0 Å². The van der Waals surface area contributed by atoms with Crippen molar-refractivity contribution in [3.8, 4) is 0 Å². The summed E-state index contributed by atoms with van der Waals surface area (Å²) in [5.74, 6) is 0. The van der Waals surface area contributed by atoms with Crippen LogP contribution in [-0.4, -0.2) is 41.6 Å². The van der Waals surface area contributed by atoms with E-state index in [-0.39, 0.29) is 0 Å². The van der Waals surface area contributed by atoms with Crippen molar-refractivity contribution >= 4 is 0 Å². The zero-order chi connectivity index (χ0) is 10.4. The monoisotopic (exact) mass is 196 g/mol. The van der Waals surface area contributed by atoms with Crippen LogP contribution in [0.2, 0.25) is 0 Å². The lowest BCUT2D eigenvalue weighted by Crippen LogP contribution is -2.17. The van der Waals surface area contributed by atoms with Crippen LogP contribution in [0.25, 0.3) is 0 Å². The fourth-order valence-corrected chi connectivity index (χ4v) is 1.19. The summed E-state index contributed by atoms with van der Waals surface area (Å²) in [4.78, 5) is 6.48. The van der Waals surface area contributed by atoms with Crippen LogP contribution in [0, 0.1) is 0 Å². The normalized spacial score (nSPS) is 11.1. The van der Waals surface area contributed by atoms with E-state index in [0.717, 1.165) is 31.9 Å². The Hall–Kier alpha value is -0.870. The van der Waals surface area contributed by atoms with Gasteiger partial charge in [-0.25, -0.2) is 4.98 Å². The van der Waals surface area contributed by atoms with Crippen LogP contribution in [0.5, 0.6) is 0 Å². The maximum Gasteiger partial charge on any atom is 0.0950 e. The summed E-state index contributed by atoms with van der Waals surface area (Å²) in [6.07, 6.45) is 4.00. The number of nitrogens with zero attached hydrogens (tertiary/aromatic N) is 3. The van der Waals surface area contributed by atoms with E-state index in [2.05, 4.69) is 47.0 Å². The molecule has 0 unspecified atom stereocenters. The van der Waals surface area contributed by atoms with Crippen molar-refractivity contribution in [2.45, 2.75) is 20.0 Å². The summed E-state index contributed by atoms with van der Waals surface area (Å²) in [6, 6.07) is 0. The van der Waals surface area contributed by atoms with Crippen molar-refractivity contribution in [1.82, 2.24) is 19.8 Å². The fourth-order valence-electron chi connectivity index (χ4n) is 1.19. The van der Waals surface area contributed by atoms with E-state index in [1.807, 2.05) is 6.33 Å². The Labute approximate surface area is 85.9 Å². The third kappa shape index (κ3) is 3.89. The first-order valence-electron chi connectivity index (χ1n) is 5.08. The molecule has 0 bridgehead atoms. The topological polar surface area (TPSA) is 33.1 Å². The van der Waals surface area contributed by atoms with Crippen molar-refractivity contribution in [2.75, 3.05) is 27.2 Å². The van der Waals surface area contributed by atoms with Crippen molar-refractivity contribution in [1.29, 1.82) is 0 Å². The van der Waals surface area contributed by atoms with Crippen LogP contribution in [-0.2, 0) is 13.1 Å². The second-order valence-corrected chi connectivity index (χ2v) is 3.69. The molecule has 1 aromatic rings. The summed E-state index contributed by atoms with van der Waals surface area (Å²) in [6.45, 7) is 6.02. The van der Waals surface area contributed by atoms with E-state index < -0.39 is 0 Å². The van der Waals surface area contributed by atoms with E-state index in [1.165, 1.54) is 0 Å². The Kier molecular flexibility index (Phi) is 4.62. The number of imidazole rings is 1. The molecule has 0 aliphatic carbocycles. The van der Waals surface area contributed by atoms with E-state index in [0.29, 0.717) is 0 Å². The quantitative estimate of drug-likeness (QED) is 0.721. The number of nitrogens with one attached hydrogen (secondary N) is 1. The minimum atomic E-state index is 0.867. The molecule has 0 amide bonds. The maximum absolute atomic E-state index is 4.31. The molecule has 14 heavy (non-hydrogen) atoms. The highest BCUT2D eigenvalue weighted by Gasteiger charge is 1.97. The predicted octanol–water partition coefficient (Wildman–Crippen LogP) is 0.554. The molecular weight excluding hydrogens is 176 g/mol. The molecule has 80 valence electrons. The van der Waals surface area contributed by atoms with Crippen LogP contribution in [0.1, 0.15) is 12.6 Å². The first-order chi connectivity index (χ1) is 6.72. The van der Waals surface area contributed by atoms with Gasteiger partial charge in [-0.15, -0.1) is 0 Å². The van der Waals surface area contributed by atoms with E-state index in [1.54, 1.807) is 0 Å². The fraction of sp³-hybridized carbons (Fsp3) is 0.700. The highest BCUT2D eigenvalue weighted by atomic mass is 15.1. The zero-order valence-corrected chi connectivity index (χ0v) is 9.32. The second-order valence-electron chi connectivity index (χ2n) is 3.69. The minimum Gasteiger partial charge on any atom is -0.336 e. The molecule has 1 aromatic heterocycles. The SMILES string of the molecule is CCNCc1cn(CCN(C)C)cn1. The molecule has 1 N–H and O–H groups in total. The number of rotatable bonds is 6. The Morgan fingerprint density at radius 1 is 1.50 bits per heavy atom. The smallest absolute Gasteiger partial charge is 0.0950 e. The molecule has 0 fully saturated rings. The maximum atomic E-state index is 4.31. The standard InChI is InChI=1S/C10H20N4/c1-4-11-7-10-8-14(9-12-10)6-5-13(2)3/h8-9,11H,4-7H2,1-3H3. The van der Waals surface area contributed by atoms with Crippen LogP contribution in [0.15, 0.2) is 12.5 Å². The molecule has 0 radical (unpaired) electrons. The highest BCUT2D eigenvalue weighted by molar-refractivity contribution is 4.95. The predicted molar refractivity (Wildman–Crippen MR) is 58.2 cm³/mol. The number of aromatic nitrogens is 2. The van der Waals surface area contributed by atoms with Gasteiger partial charge in [-0.1, -0.05) is 6.92 Å². The second kappa shape index (κ2) is 5.78. The van der Waals surface area contributed by atoms with Crippen molar-refractivity contribution in [3.05, 3.63) is 18.2 Å². The lowest BCUT2D eigenvalue weighted by molar-refractivity contribution is 0.383. The van der Waals surface area contributed by atoms with E-state index >= 15 is 0 Å². The molecule has 4 nitrogen and oxygen atoms in total. The lowest BCUT2D eigenvalue weighted by atomic mass is 10.4. The van der Waals surface area contributed by atoms with Gasteiger partial charge in [0, 0.05) is 25.8 Å². The van der Waals surface area contributed by atoms with Gasteiger partial charge in [-0.2, -0.15) is 0 Å². The van der Waals surface area contributed by atoms with Crippen LogP contribution < -0.4 is 5.32 Å². The van der Waals surface area contributed by atoms with Crippen LogP contribution in [0.3, 0.4) is 0 Å². The first kappa shape index (κ1) is 11.2. The molecule has 1 heterocycles. The van der Waals surface area contributed by atoms with Gasteiger partial charge in [0.2, 0.25) is 0 Å². The Morgan fingerprint density at radius 3 is 2.93 bits per heavy atom. The summed E-state index contributed by atoms with van der Waals surface area (Å²) in [5, 5.41) is 3.26. The molecule has 0 spiro atoms. The number of hydrogen-bond donors (Lipinski definition) is 1. The minimum absolute atomic E-state index is 0.867. The van der Waals surface area contributed by atoms with Gasteiger partial charge in [0.05, 0.1) is 12.0 Å². The molecule has 0 atom stereocenters. The Morgan fingerprint density at radius 2 is 2.29 bits per heavy atom. The summed E-state index contributed by atoms with van der Waals surface area (Å²) < 4.78 is 2.13. The van der Waals surface area contributed by atoms with Crippen molar-refractivity contribution < 1.29 is 0 Å². The molecule has 0 saturated heterocycles. The van der Waals surface area contributed by atoms with Crippen molar-refractivity contribution in [3.63, 3.8) is 0 Å². The van der Waals surface area contributed by atoms with Gasteiger partial charge in [-0.3, -0.25) is 0 Å². The molecule has 0 aromatic carbocycles. The van der Waals surface area contributed by atoms with Crippen LogP contribution in [0.4, 0.5) is 0 Å². The van der Waals surface area contributed by atoms with Gasteiger partial charge < -0.3 is 14.8 Å². The molecular formula is C10H20N4. The van der Waals surface area contributed by atoms with Gasteiger partial charge >= 0.3 is 0 Å². The lowest BCUT2D eigenvalue weighted by Gasteiger charge is -2.08. The Balaban J connectivity index is 2.35. The largest absolute Gasteiger partial charge is 0.336 e. The summed E-state index contributed by atoms with van der Waals surface area (Å²) >= 11 is 0. The van der Waals surface area contributed by atoms with E-state index in [4.69, 9.17) is 0 Å². The average Bonchev–Trinajstić information content (AvgIpc) is 2.59. The highest BCUT2D eigenvalue weighted by Crippen LogP contribution is 1.95. The molecule has 0 aliphatic heterocycles. The van der Waals surface area contributed by atoms with Gasteiger partial charge in [0.1, 0.15) is 0 Å². The first-order valence-corrected chi connectivity index (χ1v) is 5.08. The molecule has 1 rings (SSSR count). The van der Waals surface area contributed by atoms with E-state index in [9.17, 15) is 0 Å². The zero-order valence-electron chi connectivity index (χ0n) is 9.32. The number of likely N-dealkylation sites (N-methyl/N-ethyl adjacent to an activating group) is 1. The average molecular weight is 196 g/mol. The third-order valence-corrected chi connectivity index (χ3v) is 2.05. The number of hydrogen-bond acceptors (Lipinski definition) is 3. The van der Waals surface area contributed by atoms with Gasteiger partial charge in [-0.05, 0) is 20.6 Å². The molecule has 0 aliphatic rings. The van der Waals surface area contributed by atoms with Crippen molar-refractivity contribution in [2.24, 2.45) is 0 Å².